The quantitative estimate of drug-likeness (QED) is 0.233. The molecule has 0 saturated carbocycles. The summed E-state index contributed by atoms with van der Waals surface area (Å²) >= 11 is 5.26. The lowest BCUT2D eigenvalue weighted by molar-refractivity contribution is -0.222. The zero-order chi connectivity index (χ0) is 10.9. The van der Waals surface area contributed by atoms with Gasteiger partial charge in [0.25, 0.3) is 5.79 Å². The van der Waals surface area contributed by atoms with Crippen LogP contribution < -0.4 is 0 Å². The van der Waals surface area contributed by atoms with Crippen LogP contribution in [0, 0.1) is 0 Å². The van der Waals surface area contributed by atoms with E-state index in [1.807, 2.05) is 0 Å². The van der Waals surface area contributed by atoms with Crippen molar-refractivity contribution in [3.05, 3.63) is 11.3 Å². The maximum Gasteiger partial charge on any atom is 0.352 e. The summed E-state index contributed by atoms with van der Waals surface area (Å²) in [7, 11) is 0. The number of aliphatic hydroxyl groups is 1. The minimum atomic E-state index is -1.30. The van der Waals surface area contributed by atoms with Crippen molar-refractivity contribution in [1.82, 2.24) is 0 Å². The van der Waals surface area contributed by atoms with E-state index in [-0.39, 0.29) is 5.88 Å². The van der Waals surface area contributed by atoms with Gasteiger partial charge in [0.15, 0.2) is 5.57 Å². The van der Waals surface area contributed by atoms with Crippen LogP contribution in [0.4, 0.5) is 0 Å². The number of rotatable bonds is 1. The number of hydrogen-bond donors (Lipinski definition) is 1. The fourth-order valence-electron chi connectivity index (χ4n) is 0.955. The summed E-state index contributed by atoms with van der Waals surface area (Å²) in [5, 5.41) is 9.14. The molecule has 0 radical (unpaired) electrons. The van der Waals surface area contributed by atoms with Gasteiger partial charge in [0.2, 0.25) is 0 Å². The van der Waals surface area contributed by atoms with Gasteiger partial charge in [0.1, 0.15) is 5.76 Å². The van der Waals surface area contributed by atoms with Gasteiger partial charge in [0, 0.05) is 13.8 Å². The monoisotopic (exact) mass is 220 g/mol. The molecule has 1 aliphatic heterocycles. The van der Waals surface area contributed by atoms with Crippen molar-refractivity contribution < 1.29 is 24.2 Å². The third-order valence-electron chi connectivity index (χ3n) is 1.50. The van der Waals surface area contributed by atoms with Crippen LogP contribution >= 0.6 is 11.6 Å². The van der Waals surface area contributed by atoms with E-state index >= 15 is 0 Å². The zero-order valence-electron chi connectivity index (χ0n) is 7.67. The number of carbonyl (C=O) groups excluding carboxylic acids is 2. The molecule has 0 aromatic carbocycles. The number of halogens is 1. The lowest BCUT2D eigenvalue weighted by Gasteiger charge is -2.29. The maximum atomic E-state index is 11.2. The fourth-order valence-corrected chi connectivity index (χ4v) is 1.09. The molecule has 1 rings (SSSR count). The van der Waals surface area contributed by atoms with Crippen molar-refractivity contribution in [3.63, 3.8) is 0 Å². The first-order chi connectivity index (χ1) is 6.37. The molecule has 6 heteroatoms. The predicted octanol–water partition coefficient (Wildman–Crippen LogP) is 0.873. The molecule has 1 heterocycles. The summed E-state index contributed by atoms with van der Waals surface area (Å²) < 4.78 is 9.44. The molecule has 78 valence electrons. The van der Waals surface area contributed by atoms with Crippen LogP contribution in [0.15, 0.2) is 11.3 Å². The molecule has 0 unspecified atom stereocenters. The Labute approximate surface area is 85.2 Å². The third kappa shape index (κ3) is 1.98. The number of ether oxygens (including phenoxy) is 2. The summed E-state index contributed by atoms with van der Waals surface area (Å²) in [6.45, 7) is 2.83. The minimum Gasteiger partial charge on any atom is -0.510 e. The highest BCUT2D eigenvalue weighted by Gasteiger charge is 2.40. The molecule has 0 aromatic heterocycles. The summed E-state index contributed by atoms with van der Waals surface area (Å²) in [5.41, 5.74) is -0.542. The molecule has 0 bridgehead atoms. The smallest absolute Gasteiger partial charge is 0.352 e. The Morgan fingerprint density at radius 2 is 1.79 bits per heavy atom. The lowest BCUT2D eigenvalue weighted by atomic mass is 10.2. The summed E-state index contributed by atoms with van der Waals surface area (Å²) in [5.74, 6) is -4.05. The van der Waals surface area contributed by atoms with Crippen molar-refractivity contribution >= 4 is 23.5 Å². The summed E-state index contributed by atoms with van der Waals surface area (Å²) in [4.78, 5) is 22.4. The second-order valence-corrected chi connectivity index (χ2v) is 3.40. The van der Waals surface area contributed by atoms with Gasteiger partial charge in [-0.05, 0) is 0 Å². The highest BCUT2D eigenvalue weighted by molar-refractivity contribution is 6.22. The van der Waals surface area contributed by atoms with Gasteiger partial charge in [-0.2, -0.15) is 0 Å². The summed E-state index contributed by atoms with van der Waals surface area (Å²) in [6, 6.07) is 0. The second kappa shape index (κ2) is 3.49. The van der Waals surface area contributed by atoms with Crippen LogP contribution in [-0.2, 0) is 19.1 Å². The van der Waals surface area contributed by atoms with Gasteiger partial charge < -0.3 is 14.6 Å². The zero-order valence-corrected chi connectivity index (χ0v) is 8.42. The SMILES string of the molecule is CC1(C)OC(=O)C(=C(O)CCl)C(=O)O1. The highest BCUT2D eigenvalue weighted by Crippen LogP contribution is 2.24. The molecular weight excluding hydrogens is 212 g/mol. The normalized spacial score (nSPS) is 20.1. The van der Waals surface area contributed by atoms with Crippen molar-refractivity contribution in [2.24, 2.45) is 0 Å². The molecule has 1 aliphatic rings. The van der Waals surface area contributed by atoms with Crippen LogP contribution in [0.5, 0.6) is 0 Å². The van der Waals surface area contributed by atoms with E-state index < -0.39 is 29.1 Å². The van der Waals surface area contributed by atoms with Gasteiger partial charge in [-0.15, -0.1) is 11.6 Å². The van der Waals surface area contributed by atoms with Gasteiger partial charge >= 0.3 is 11.9 Å². The van der Waals surface area contributed by atoms with Gasteiger partial charge in [-0.25, -0.2) is 9.59 Å². The van der Waals surface area contributed by atoms with Gasteiger partial charge in [0.05, 0.1) is 5.88 Å². The number of carbonyl (C=O) groups is 2. The molecule has 5 nitrogen and oxygen atoms in total. The molecule has 0 spiro atoms. The fraction of sp³-hybridized carbons (Fsp3) is 0.500. The Kier molecular flexibility index (Phi) is 2.71. The predicted molar refractivity (Wildman–Crippen MR) is 46.6 cm³/mol. The Bertz CT molecular complexity index is 296. The first-order valence-corrected chi connectivity index (χ1v) is 4.35. The second-order valence-electron chi connectivity index (χ2n) is 3.13. The van der Waals surface area contributed by atoms with Crippen molar-refractivity contribution in [2.45, 2.75) is 19.6 Å². The molecule has 0 atom stereocenters. The van der Waals surface area contributed by atoms with Gasteiger partial charge in [-0.1, -0.05) is 0 Å². The van der Waals surface area contributed by atoms with Crippen molar-refractivity contribution in [3.8, 4) is 0 Å². The van der Waals surface area contributed by atoms with E-state index in [4.69, 9.17) is 26.2 Å². The van der Waals surface area contributed by atoms with E-state index in [0.717, 1.165) is 0 Å². The molecule has 0 amide bonds. The van der Waals surface area contributed by atoms with E-state index in [0.29, 0.717) is 0 Å². The molecular formula is C8H9ClO5. The van der Waals surface area contributed by atoms with Gasteiger partial charge in [-0.3, -0.25) is 0 Å². The molecule has 1 N–H and O–H groups in total. The number of esters is 2. The van der Waals surface area contributed by atoms with Crippen LogP contribution in [0.3, 0.4) is 0 Å². The Hall–Kier alpha value is -1.23. The average molecular weight is 221 g/mol. The van der Waals surface area contributed by atoms with E-state index in [2.05, 4.69) is 0 Å². The van der Waals surface area contributed by atoms with E-state index in [1.165, 1.54) is 13.8 Å². The first-order valence-electron chi connectivity index (χ1n) is 3.82. The number of cyclic esters (lactones) is 2. The highest BCUT2D eigenvalue weighted by atomic mass is 35.5. The molecule has 1 saturated heterocycles. The van der Waals surface area contributed by atoms with Crippen molar-refractivity contribution in [1.29, 1.82) is 0 Å². The number of alkyl halides is 1. The number of allylic oxidation sites excluding steroid dienone is 1. The van der Waals surface area contributed by atoms with Crippen molar-refractivity contribution in [2.75, 3.05) is 5.88 Å². The van der Waals surface area contributed by atoms with Crippen LogP contribution in [-0.4, -0.2) is 28.7 Å². The van der Waals surface area contributed by atoms with Crippen LogP contribution in [0.25, 0.3) is 0 Å². The molecule has 0 aliphatic carbocycles. The Morgan fingerprint density at radius 3 is 2.14 bits per heavy atom. The largest absolute Gasteiger partial charge is 0.510 e. The molecule has 0 aromatic rings. The first kappa shape index (κ1) is 10.8. The standard InChI is InChI=1S/C8H9ClO5/c1-8(2)13-6(11)5(4(10)3-9)7(12)14-8/h10H,3H2,1-2H3. The topological polar surface area (TPSA) is 72.8 Å². The lowest BCUT2D eigenvalue weighted by Crippen LogP contribution is -2.42. The Morgan fingerprint density at radius 1 is 1.36 bits per heavy atom. The number of hydrogen-bond acceptors (Lipinski definition) is 5. The Balaban J connectivity index is 3.04. The summed E-state index contributed by atoms with van der Waals surface area (Å²) in [6.07, 6.45) is 0. The van der Waals surface area contributed by atoms with E-state index in [9.17, 15) is 9.59 Å². The third-order valence-corrected chi connectivity index (χ3v) is 1.75. The number of aliphatic hydroxyl groups excluding tert-OH is 1. The molecule has 14 heavy (non-hydrogen) atoms. The maximum absolute atomic E-state index is 11.2. The van der Waals surface area contributed by atoms with Crippen LogP contribution in [0.2, 0.25) is 0 Å². The molecule has 1 fully saturated rings. The minimum absolute atomic E-state index is 0.347. The average Bonchev–Trinajstić information content (AvgIpc) is 1.99. The van der Waals surface area contributed by atoms with Crippen LogP contribution in [0.1, 0.15) is 13.8 Å². The van der Waals surface area contributed by atoms with E-state index in [1.54, 1.807) is 0 Å².